The molecular weight excluding hydrogens is 220 g/mol. The molecule has 0 aromatic carbocycles. The highest BCUT2D eigenvalue weighted by atomic mass is 28.3. The van der Waals surface area contributed by atoms with Gasteiger partial charge in [-0.05, 0) is 6.04 Å². The highest BCUT2D eigenvalue weighted by Crippen LogP contribution is 2.25. The van der Waals surface area contributed by atoms with E-state index in [0.717, 1.165) is 6.04 Å². The molecule has 0 saturated carbocycles. The molecule has 0 bridgehead atoms. The number of rotatable bonds is 9. The summed E-state index contributed by atoms with van der Waals surface area (Å²) in [5.74, 6) is 0. The predicted molar refractivity (Wildman–Crippen MR) is 67.9 cm³/mol. The van der Waals surface area contributed by atoms with E-state index >= 15 is 0 Å². The number of unbranched alkanes of at least 4 members (excludes halogenated alkanes) is 2. The second kappa shape index (κ2) is 8.62. The van der Waals surface area contributed by atoms with E-state index in [1.807, 2.05) is 0 Å². The Bertz CT molecular complexity index is 187. The lowest BCUT2D eigenvalue weighted by molar-refractivity contribution is 0.0719. The summed E-state index contributed by atoms with van der Waals surface area (Å²) in [6.07, 6.45) is 3.57. The van der Waals surface area contributed by atoms with Crippen molar-refractivity contribution in [1.29, 1.82) is 0 Å². The smallest absolute Gasteiger partial charge is 0.432 e. The fraction of sp³-hybridized carbons (Fsp3) is 0.917. The van der Waals surface area contributed by atoms with Gasteiger partial charge in [0.2, 0.25) is 0 Å². The SMILES string of the molecule is CCCC[Si](C)(CCCC)CCOC([O])=O. The Balaban J connectivity index is 4.01. The third-order valence-corrected chi connectivity index (χ3v) is 7.73. The largest absolute Gasteiger partial charge is 0.549 e. The summed E-state index contributed by atoms with van der Waals surface area (Å²) in [5, 5.41) is 10.2. The Morgan fingerprint density at radius 3 is 1.94 bits per heavy atom. The summed E-state index contributed by atoms with van der Waals surface area (Å²) < 4.78 is 4.54. The highest BCUT2D eigenvalue weighted by Gasteiger charge is 2.25. The van der Waals surface area contributed by atoms with E-state index in [0.29, 0.717) is 6.61 Å². The lowest BCUT2D eigenvalue weighted by atomic mass is 10.4. The van der Waals surface area contributed by atoms with E-state index < -0.39 is 14.2 Å². The fourth-order valence-corrected chi connectivity index (χ4v) is 5.72. The molecule has 0 spiro atoms. The van der Waals surface area contributed by atoms with Crippen LogP contribution in [0, 0.1) is 0 Å². The average Bonchev–Trinajstić information content (AvgIpc) is 2.23. The van der Waals surface area contributed by atoms with Gasteiger partial charge < -0.3 is 4.74 Å². The number of hydrogen-bond donors (Lipinski definition) is 0. The Kier molecular flexibility index (Phi) is 8.34. The van der Waals surface area contributed by atoms with Crippen molar-refractivity contribution in [2.45, 2.75) is 64.2 Å². The molecule has 0 aliphatic heterocycles. The monoisotopic (exact) mass is 245 g/mol. The zero-order valence-corrected chi connectivity index (χ0v) is 11.9. The third-order valence-electron chi connectivity index (χ3n) is 3.19. The standard InChI is InChI=1S/C12H25O3Si/c1-4-6-9-16(3,10-7-5-2)11-8-15-12(13)14/h4-11H2,1-3H3. The molecule has 0 aliphatic rings. The Labute approximate surface area is 100 Å². The Hall–Kier alpha value is -0.513. The molecule has 0 N–H and O–H groups in total. The van der Waals surface area contributed by atoms with Gasteiger partial charge in [-0.2, -0.15) is 9.90 Å². The maximum Gasteiger partial charge on any atom is 0.549 e. The van der Waals surface area contributed by atoms with Gasteiger partial charge in [-0.15, -0.1) is 0 Å². The summed E-state index contributed by atoms with van der Waals surface area (Å²) in [7, 11) is -1.27. The van der Waals surface area contributed by atoms with Gasteiger partial charge in [-0.25, -0.2) is 0 Å². The summed E-state index contributed by atoms with van der Waals surface area (Å²) in [5.41, 5.74) is 0. The van der Waals surface area contributed by atoms with Crippen LogP contribution in [0.15, 0.2) is 0 Å². The van der Waals surface area contributed by atoms with Crippen molar-refractivity contribution in [2.75, 3.05) is 6.61 Å². The number of carbonyl (C=O) groups excluding carboxylic acids is 1. The molecule has 0 unspecified atom stereocenters. The van der Waals surface area contributed by atoms with E-state index in [2.05, 4.69) is 25.1 Å². The number of ether oxygens (including phenoxy) is 1. The summed E-state index contributed by atoms with van der Waals surface area (Å²) in [4.78, 5) is 10.2. The van der Waals surface area contributed by atoms with Crippen LogP contribution >= 0.6 is 0 Å². The van der Waals surface area contributed by atoms with Crippen LogP contribution in [0.4, 0.5) is 4.79 Å². The zero-order chi connectivity index (χ0) is 12.4. The van der Waals surface area contributed by atoms with Crippen LogP contribution < -0.4 is 0 Å². The van der Waals surface area contributed by atoms with Crippen molar-refractivity contribution in [3.05, 3.63) is 0 Å². The van der Waals surface area contributed by atoms with Crippen molar-refractivity contribution in [3.8, 4) is 0 Å². The maximum atomic E-state index is 10.2. The van der Waals surface area contributed by atoms with E-state index in [1.54, 1.807) is 0 Å². The van der Waals surface area contributed by atoms with Crippen LogP contribution in [0.1, 0.15) is 39.5 Å². The van der Waals surface area contributed by atoms with E-state index in [9.17, 15) is 9.90 Å². The molecule has 0 aliphatic carbocycles. The number of carbonyl (C=O) groups is 1. The molecule has 0 fully saturated rings. The fourth-order valence-electron chi connectivity index (χ4n) is 1.96. The van der Waals surface area contributed by atoms with E-state index in [-0.39, 0.29) is 0 Å². The second-order valence-corrected chi connectivity index (χ2v) is 9.99. The van der Waals surface area contributed by atoms with Gasteiger partial charge in [0.25, 0.3) is 0 Å². The first-order valence-corrected chi connectivity index (χ1v) is 9.50. The molecule has 95 valence electrons. The minimum Gasteiger partial charge on any atom is -0.432 e. The topological polar surface area (TPSA) is 46.2 Å². The van der Waals surface area contributed by atoms with Gasteiger partial charge in [0.05, 0.1) is 14.7 Å². The molecule has 0 amide bonds. The Morgan fingerprint density at radius 1 is 1.06 bits per heavy atom. The minimum absolute atomic E-state index is 0.332. The van der Waals surface area contributed by atoms with Crippen LogP contribution in [0.3, 0.4) is 0 Å². The van der Waals surface area contributed by atoms with Crippen LogP contribution in [0.2, 0.25) is 24.7 Å². The zero-order valence-electron chi connectivity index (χ0n) is 10.9. The normalized spacial score (nSPS) is 11.4. The molecule has 0 aromatic rings. The first kappa shape index (κ1) is 15.5. The molecule has 0 heterocycles. The molecule has 0 atom stereocenters. The van der Waals surface area contributed by atoms with Crippen molar-refractivity contribution < 1.29 is 14.6 Å². The molecule has 4 heteroatoms. The minimum atomic E-state index is -1.39. The lowest BCUT2D eigenvalue weighted by Gasteiger charge is -2.26. The van der Waals surface area contributed by atoms with Crippen LogP contribution in [0.5, 0.6) is 0 Å². The van der Waals surface area contributed by atoms with Crippen molar-refractivity contribution in [3.63, 3.8) is 0 Å². The van der Waals surface area contributed by atoms with Gasteiger partial charge in [-0.3, -0.25) is 0 Å². The molecule has 1 radical (unpaired) electrons. The maximum absolute atomic E-state index is 10.2. The van der Waals surface area contributed by atoms with Crippen LogP contribution in [0.25, 0.3) is 0 Å². The van der Waals surface area contributed by atoms with Gasteiger partial charge >= 0.3 is 6.16 Å². The molecule has 0 aromatic heterocycles. The van der Waals surface area contributed by atoms with Crippen molar-refractivity contribution >= 4 is 14.2 Å². The Morgan fingerprint density at radius 2 is 1.56 bits per heavy atom. The van der Waals surface area contributed by atoms with Crippen molar-refractivity contribution in [1.82, 2.24) is 0 Å². The summed E-state index contributed by atoms with van der Waals surface area (Å²) in [6.45, 7) is 7.11. The second-order valence-electron chi connectivity index (χ2n) is 4.87. The summed E-state index contributed by atoms with van der Waals surface area (Å²) in [6, 6.07) is 3.53. The first-order valence-electron chi connectivity index (χ1n) is 6.38. The first-order chi connectivity index (χ1) is 7.54. The molecule has 0 saturated heterocycles. The van der Waals surface area contributed by atoms with Gasteiger partial charge in [-0.1, -0.05) is 58.2 Å². The van der Waals surface area contributed by atoms with Crippen molar-refractivity contribution in [2.24, 2.45) is 0 Å². The highest BCUT2D eigenvalue weighted by molar-refractivity contribution is 6.78. The molecular formula is C12H25O3Si. The third kappa shape index (κ3) is 7.74. The predicted octanol–water partition coefficient (Wildman–Crippen LogP) is 4.23. The lowest BCUT2D eigenvalue weighted by Crippen LogP contribution is -2.31. The van der Waals surface area contributed by atoms with E-state index in [4.69, 9.17) is 0 Å². The van der Waals surface area contributed by atoms with Crippen LogP contribution in [-0.2, 0) is 9.84 Å². The van der Waals surface area contributed by atoms with Crippen LogP contribution in [-0.4, -0.2) is 20.8 Å². The molecule has 16 heavy (non-hydrogen) atoms. The van der Waals surface area contributed by atoms with Gasteiger partial charge in [0.15, 0.2) is 0 Å². The molecule has 0 rings (SSSR count). The summed E-state index contributed by atoms with van der Waals surface area (Å²) >= 11 is 0. The van der Waals surface area contributed by atoms with Gasteiger partial charge in [0.1, 0.15) is 0 Å². The number of hydrogen-bond acceptors (Lipinski definition) is 2. The van der Waals surface area contributed by atoms with E-state index in [1.165, 1.54) is 37.8 Å². The average molecular weight is 245 g/mol. The quantitative estimate of drug-likeness (QED) is 0.450. The van der Waals surface area contributed by atoms with Gasteiger partial charge in [0, 0.05) is 0 Å². The molecule has 3 nitrogen and oxygen atoms in total.